The first kappa shape index (κ1) is 12.3. The van der Waals surface area contributed by atoms with Gasteiger partial charge in [0.2, 0.25) is 10.0 Å². The van der Waals surface area contributed by atoms with Crippen LogP contribution in [0.5, 0.6) is 0 Å². The Balaban J connectivity index is 2.07. The van der Waals surface area contributed by atoms with Crippen LogP contribution in [0.2, 0.25) is 0 Å². The van der Waals surface area contributed by atoms with Crippen LogP contribution in [-0.4, -0.2) is 68.7 Å². The molecular formula is C10H21N3O2S. The number of rotatable bonds is 2. The van der Waals surface area contributed by atoms with E-state index in [9.17, 15) is 8.42 Å². The lowest BCUT2D eigenvalue weighted by Gasteiger charge is -2.26. The molecule has 0 bridgehead atoms. The Morgan fingerprint density at radius 3 is 2.81 bits per heavy atom. The predicted molar refractivity (Wildman–Crippen MR) is 63.9 cm³/mol. The van der Waals surface area contributed by atoms with Crippen molar-refractivity contribution in [3.63, 3.8) is 0 Å². The van der Waals surface area contributed by atoms with Gasteiger partial charge in [0.05, 0.1) is 5.75 Å². The summed E-state index contributed by atoms with van der Waals surface area (Å²) in [6.07, 6.45) is 0.979. The molecule has 2 aliphatic heterocycles. The van der Waals surface area contributed by atoms with Gasteiger partial charge in [-0.25, -0.2) is 8.42 Å². The summed E-state index contributed by atoms with van der Waals surface area (Å²) in [4.78, 5) is 2.32. The molecule has 16 heavy (non-hydrogen) atoms. The highest BCUT2D eigenvalue weighted by molar-refractivity contribution is 7.89. The number of likely N-dealkylation sites (N-methyl/N-ethyl adjacent to an activating group) is 1. The van der Waals surface area contributed by atoms with Gasteiger partial charge in [-0.05, 0) is 19.5 Å². The highest BCUT2D eigenvalue weighted by Gasteiger charge is 2.34. The molecule has 1 atom stereocenters. The molecule has 1 unspecified atom stereocenters. The SMILES string of the molecule is CCN1CCC(N2CCNCCS2(=O)=O)C1. The molecule has 2 saturated heterocycles. The first-order valence-electron chi connectivity index (χ1n) is 6.06. The average Bonchev–Trinajstić information content (AvgIpc) is 2.64. The molecule has 0 radical (unpaired) electrons. The van der Waals surface area contributed by atoms with E-state index in [0.29, 0.717) is 13.1 Å². The number of hydrogen-bond donors (Lipinski definition) is 1. The largest absolute Gasteiger partial charge is 0.314 e. The lowest BCUT2D eigenvalue weighted by Crippen LogP contribution is -2.43. The van der Waals surface area contributed by atoms with Crippen LogP contribution in [0, 0.1) is 0 Å². The van der Waals surface area contributed by atoms with E-state index in [1.165, 1.54) is 0 Å². The molecule has 0 saturated carbocycles. The fraction of sp³-hybridized carbons (Fsp3) is 1.00. The fourth-order valence-electron chi connectivity index (χ4n) is 2.52. The van der Waals surface area contributed by atoms with Crippen LogP contribution < -0.4 is 5.32 Å². The second kappa shape index (κ2) is 5.00. The number of nitrogens with one attached hydrogen (secondary N) is 1. The Morgan fingerprint density at radius 1 is 1.31 bits per heavy atom. The second-order valence-electron chi connectivity index (χ2n) is 4.51. The minimum atomic E-state index is -3.03. The summed E-state index contributed by atoms with van der Waals surface area (Å²) >= 11 is 0. The topological polar surface area (TPSA) is 52.6 Å². The van der Waals surface area contributed by atoms with Crippen LogP contribution in [0.1, 0.15) is 13.3 Å². The summed E-state index contributed by atoms with van der Waals surface area (Å²) in [7, 11) is -3.03. The summed E-state index contributed by atoms with van der Waals surface area (Å²) in [6, 6.07) is 0.199. The minimum absolute atomic E-state index is 0.199. The zero-order valence-electron chi connectivity index (χ0n) is 9.85. The van der Waals surface area contributed by atoms with Crippen molar-refractivity contribution in [1.29, 1.82) is 0 Å². The van der Waals surface area contributed by atoms with Gasteiger partial charge < -0.3 is 10.2 Å². The van der Waals surface area contributed by atoms with E-state index in [-0.39, 0.29) is 11.8 Å². The van der Waals surface area contributed by atoms with Gasteiger partial charge >= 0.3 is 0 Å². The molecule has 2 fully saturated rings. The van der Waals surface area contributed by atoms with Gasteiger partial charge in [0.15, 0.2) is 0 Å². The van der Waals surface area contributed by atoms with E-state index in [2.05, 4.69) is 17.1 Å². The molecule has 94 valence electrons. The van der Waals surface area contributed by atoms with Gasteiger partial charge in [-0.1, -0.05) is 6.92 Å². The Bertz CT molecular complexity index is 331. The Hall–Kier alpha value is -0.170. The van der Waals surface area contributed by atoms with Crippen LogP contribution in [0.4, 0.5) is 0 Å². The summed E-state index contributed by atoms with van der Waals surface area (Å²) in [5.41, 5.74) is 0. The van der Waals surface area contributed by atoms with Gasteiger partial charge in [0.25, 0.3) is 0 Å². The molecule has 0 aromatic rings. The van der Waals surface area contributed by atoms with Crippen molar-refractivity contribution in [2.45, 2.75) is 19.4 Å². The molecule has 2 aliphatic rings. The summed E-state index contributed by atoms with van der Waals surface area (Å²) < 4.78 is 25.8. The maximum atomic E-state index is 12.1. The molecule has 6 heteroatoms. The van der Waals surface area contributed by atoms with Crippen molar-refractivity contribution in [3.8, 4) is 0 Å². The summed E-state index contributed by atoms with van der Waals surface area (Å²) in [5.74, 6) is 0.246. The van der Waals surface area contributed by atoms with E-state index in [1.54, 1.807) is 4.31 Å². The van der Waals surface area contributed by atoms with Crippen molar-refractivity contribution < 1.29 is 8.42 Å². The number of sulfonamides is 1. The quantitative estimate of drug-likeness (QED) is 0.702. The molecule has 0 amide bonds. The van der Waals surface area contributed by atoms with Crippen molar-refractivity contribution in [1.82, 2.24) is 14.5 Å². The van der Waals surface area contributed by atoms with E-state index < -0.39 is 10.0 Å². The zero-order valence-corrected chi connectivity index (χ0v) is 10.7. The molecule has 0 spiro atoms. The third-order valence-electron chi connectivity index (χ3n) is 3.51. The Kier molecular flexibility index (Phi) is 3.84. The average molecular weight is 247 g/mol. The van der Waals surface area contributed by atoms with Crippen LogP contribution in [-0.2, 0) is 10.0 Å². The molecule has 0 aliphatic carbocycles. The maximum Gasteiger partial charge on any atom is 0.215 e. The molecule has 2 heterocycles. The van der Waals surface area contributed by atoms with E-state index in [1.807, 2.05) is 0 Å². The van der Waals surface area contributed by atoms with Gasteiger partial charge in [-0.15, -0.1) is 0 Å². The zero-order chi connectivity index (χ0) is 11.6. The molecule has 0 aromatic carbocycles. The lowest BCUT2D eigenvalue weighted by molar-refractivity contribution is 0.296. The highest BCUT2D eigenvalue weighted by atomic mass is 32.2. The number of likely N-dealkylation sites (tertiary alicyclic amines) is 1. The van der Waals surface area contributed by atoms with E-state index in [4.69, 9.17) is 0 Å². The second-order valence-corrected chi connectivity index (χ2v) is 6.55. The Morgan fingerprint density at radius 2 is 2.12 bits per heavy atom. The van der Waals surface area contributed by atoms with Crippen molar-refractivity contribution in [3.05, 3.63) is 0 Å². The van der Waals surface area contributed by atoms with Gasteiger partial charge in [0.1, 0.15) is 0 Å². The van der Waals surface area contributed by atoms with Gasteiger partial charge in [0, 0.05) is 32.2 Å². The van der Waals surface area contributed by atoms with Crippen LogP contribution in [0.15, 0.2) is 0 Å². The molecule has 5 nitrogen and oxygen atoms in total. The standard InChI is InChI=1S/C10H21N3O2S/c1-2-12-6-3-10(9-12)13-7-4-11-5-8-16(13,14)15/h10-11H,2-9H2,1H3. The first-order chi connectivity index (χ1) is 7.63. The third-order valence-corrected chi connectivity index (χ3v) is 5.42. The molecule has 2 rings (SSSR count). The third kappa shape index (κ3) is 2.56. The van der Waals surface area contributed by atoms with Crippen LogP contribution in [0.3, 0.4) is 0 Å². The molecular weight excluding hydrogens is 226 g/mol. The highest BCUT2D eigenvalue weighted by Crippen LogP contribution is 2.19. The lowest BCUT2D eigenvalue weighted by atomic mass is 10.2. The molecule has 0 aromatic heterocycles. The molecule has 1 N–H and O–H groups in total. The summed E-state index contributed by atoms with van der Waals surface area (Å²) in [5, 5.41) is 3.15. The van der Waals surface area contributed by atoms with Crippen LogP contribution >= 0.6 is 0 Å². The van der Waals surface area contributed by atoms with Gasteiger partial charge in [-0.2, -0.15) is 4.31 Å². The Labute approximate surface area is 97.8 Å². The van der Waals surface area contributed by atoms with Crippen molar-refractivity contribution in [2.24, 2.45) is 0 Å². The normalized spacial score (nSPS) is 32.7. The monoisotopic (exact) mass is 247 g/mol. The maximum absolute atomic E-state index is 12.1. The van der Waals surface area contributed by atoms with E-state index in [0.717, 1.165) is 32.6 Å². The number of hydrogen-bond acceptors (Lipinski definition) is 4. The smallest absolute Gasteiger partial charge is 0.215 e. The number of nitrogens with zero attached hydrogens (tertiary/aromatic N) is 2. The van der Waals surface area contributed by atoms with Crippen LogP contribution in [0.25, 0.3) is 0 Å². The fourth-order valence-corrected chi connectivity index (χ4v) is 4.15. The van der Waals surface area contributed by atoms with Crippen molar-refractivity contribution >= 4 is 10.0 Å². The summed E-state index contributed by atoms with van der Waals surface area (Å²) in [6.45, 7) is 7.06. The van der Waals surface area contributed by atoms with Crippen molar-refractivity contribution in [2.75, 3.05) is 45.0 Å². The predicted octanol–water partition coefficient (Wildman–Crippen LogP) is -0.684. The first-order valence-corrected chi connectivity index (χ1v) is 7.67. The van der Waals surface area contributed by atoms with Gasteiger partial charge in [-0.3, -0.25) is 0 Å². The van der Waals surface area contributed by atoms with E-state index >= 15 is 0 Å². The minimum Gasteiger partial charge on any atom is -0.314 e.